The maximum atomic E-state index is 6.25. The monoisotopic (exact) mass is 267 g/mol. The molecule has 0 saturated heterocycles. The van der Waals surface area contributed by atoms with E-state index in [1.165, 1.54) is 36.8 Å². The molecule has 0 heterocycles. The van der Waals surface area contributed by atoms with E-state index in [1.807, 2.05) is 0 Å². The van der Waals surface area contributed by atoms with Crippen LogP contribution in [0.15, 0.2) is 18.2 Å². The Labute approximate surface area is 117 Å². The second-order valence-electron chi connectivity index (χ2n) is 5.05. The van der Waals surface area contributed by atoms with Crippen LogP contribution in [-0.4, -0.2) is 12.6 Å². The molecule has 1 rings (SSSR count). The minimum absolute atomic E-state index is 0.661. The molecule has 0 aromatic heterocycles. The average Bonchev–Trinajstić information content (AvgIpc) is 2.36. The molecule has 1 aromatic rings. The lowest BCUT2D eigenvalue weighted by atomic mass is 10.0. The summed E-state index contributed by atoms with van der Waals surface area (Å²) in [6, 6.07) is 7.03. The lowest BCUT2D eigenvalue weighted by molar-refractivity contribution is 0.456. The quantitative estimate of drug-likeness (QED) is 0.717. The Hall–Kier alpha value is -0.530. The average molecular weight is 268 g/mol. The second kappa shape index (κ2) is 8.55. The summed E-state index contributed by atoms with van der Waals surface area (Å²) in [6.45, 7) is 7.68. The Morgan fingerprint density at radius 3 is 2.67 bits per heavy atom. The highest BCUT2D eigenvalue weighted by Gasteiger charge is 2.06. The van der Waals surface area contributed by atoms with Gasteiger partial charge in [-0.3, -0.25) is 0 Å². The van der Waals surface area contributed by atoms with Gasteiger partial charge in [0.25, 0.3) is 0 Å². The van der Waals surface area contributed by atoms with Gasteiger partial charge in [0.2, 0.25) is 0 Å². The van der Waals surface area contributed by atoms with Crippen molar-refractivity contribution in [3.05, 3.63) is 34.3 Å². The van der Waals surface area contributed by atoms with Gasteiger partial charge >= 0.3 is 0 Å². The summed E-state index contributed by atoms with van der Waals surface area (Å²) in [5, 5.41) is 4.52. The smallest absolute Gasteiger partial charge is 0.0440 e. The Morgan fingerprint density at radius 2 is 2.06 bits per heavy atom. The number of benzene rings is 1. The molecule has 1 unspecified atom stereocenters. The van der Waals surface area contributed by atoms with E-state index in [9.17, 15) is 0 Å². The zero-order valence-corrected chi connectivity index (χ0v) is 12.7. The summed E-state index contributed by atoms with van der Waals surface area (Å²) in [4.78, 5) is 0. The number of hydrogen-bond donors (Lipinski definition) is 1. The molecule has 0 aliphatic rings. The van der Waals surface area contributed by atoms with Crippen molar-refractivity contribution in [2.45, 2.75) is 58.9 Å². The maximum Gasteiger partial charge on any atom is 0.0440 e. The molecule has 18 heavy (non-hydrogen) atoms. The topological polar surface area (TPSA) is 12.0 Å². The Kier molecular flexibility index (Phi) is 7.38. The van der Waals surface area contributed by atoms with Gasteiger partial charge in [0.05, 0.1) is 0 Å². The standard InChI is InChI=1S/C16H26ClN/c1-4-11-18-15(5-2)8-6-7-14-10-9-13(3)12-16(14)17/h9-10,12,15,18H,4-8,11H2,1-3H3. The van der Waals surface area contributed by atoms with E-state index in [0.717, 1.165) is 18.0 Å². The normalized spacial score (nSPS) is 12.7. The second-order valence-corrected chi connectivity index (χ2v) is 5.45. The third kappa shape index (κ3) is 5.41. The first kappa shape index (κ1) is 15.5. The summed E-state index contributed by atoms with van der Waals surface area (Å²) >= 11 is 6.25. The molecule has 102 valence electrons. The number of nitrogens with one attached hydrogen (secondary N) is 1. The number of hydrogen-bond acceptors (Lipinski definition) is 1. The van der Waals surface area contributed by atoms with Crippen LogP contribution < -0.4 is 5.32 Å². The van der Waals surface area contributed by atoms with Crippen LogP contribution in [0.1, 0.15) is 50.7 Å². The van der Waals surface area contributed by atoms with Gasteiger partial charge in [0, 0.05) is 11.1 Å². The molecule has 0 fully saturated rings. The zero-order valence-electron chi connectivity index (χ0n) is 11.9. The Bertz CT molecular complexity index is 349. The van der Waals surface area contributed by atoms with Crippen LogP contribution in [0.3, 0.4) is 0 Å². The Balaban J connectivity index is 2.35. The van der Waals surface area contributed by atoms with E-state index in [2.05, 4.69) is 44.3 Å². The van der Waals surface area contributed by atoms with Crippen LogP contribution in [0.2, 0.25) is 5.02 Å². The highest BCUT2D eigenvalue weighted by molar-refractivity contribution is 6.31. The highest BCUT2D eigenvalue weighted by Crippen LogP contribution is 2.20. The minimum Gasteiger partial charge on any atom is -0.314 e. The van der Waals surface area contributed by atoms with Crippen LogP contribution >= 0.6 is 11.6 Å². The first-order valence-corrected chi connectivity index (χ1v) is 7.53. The van der Waals surface area contributed by atoms with E-state index in [-0.39, 0.29) is 0 Å². The predicted molar refractivity (Wildman–Crippen MR) is 81.5 cm³/mol. The van der Waals surface area contributed by atoms with Crippen LogP contribution in [0.4, 0.5) is 0 Å². The van der Waals surface area contributed by atoms with E-state index in [0.29, 0.717) is 6.04 Å². The molecule has 1 nitrogen and oxygen atoms in total. The van der Waals surface area contributed by atoms with Crippen molar-refractivity contribution >= 4 is 11.6 Å². The van der Waals surface area contributed by atoms with E-state index in [1.54, 1.807) is 0 Å². The van der Waals surface area contributed by atoms with Gasteiger partial charge in [0.15, 0.2) is 0 Å². The summed E-state index contributed by atoms with van der Waals surface area (Å²) in [7, 11) is 0. The van der Waals surface area contributed by atoms with Crippen molar-refractivity contribution in [1.82, 2.24) is 5.32 Å². The fourth-order valence-corrected chi connectivity index (χ4v) is 2.52. The third-order valence-electron chi connectivity index (χ3n) is 3.38. The highest BCUT2D eigenvalue weighted by atomic mass is 35.5. The molecular formula is C16H26ClN. The Morgan fingerprint density at radius 1 is 1.28 bits per heavy atom. The summed E-state index contributed by atoms with van der Waals surface area (Å²) in [5.41, 5.74) is 2.52. The fraction of sp³-hybridized carbons (Fsp3) is 0.625. The van der Waals surface area contributed by atoms with Crippen LogP contribution in [0.5, 0.6) is 0 Å². The van der Waals surface area contributed by atoms with Crippen molar-refractivity contribution in [2.75, 3.05) is 6.54 Å². The van der Waals surface area contributed by atoms with Crippen LogP contribution in [0, 0.1) is 6.92 Å². The van der Waals surface area contributed by atoms with E-state index in [4.69, 9.17) is 11.6 Å². The first-order chi connectivity index (χ1) is 8.67. The van der Waals surface area contributed by atoms with Crippen molar-refractivity contribution in [3.8, 4) is 0 Å². The van der Waals surface area contributed by atoms with Gasteiger partial charge in [-0.15, -0.1) is 0 Å². The first-order valence-electron chi connectivity index (χ1n) is 7.15. The van der Waals surface area contributed by atoms with Crippen molar-refractivity contribution in [3.63, 3.8) is 0 Å². The molecule has 1 N–H and O–H groups in total. The van der Waals surface area contributed by atoms with Crippen molar-refractivity contribution < 1.29 is 0 Å². The van der Waals surface area contributed by atoms with Gasteiger partial charge in [-0.1, -0.05) is 37.6 Å². The predicted octanol–water partition coefficient (Wildman–Crippen LogP) is 4.75. The number of rotatable bonds is 8. The molecule has 0 bridgehead atoms. The SMILES string of the molecule is CCCNC(CC)CCCc1ccc(C)cc1Cl. The van der Waals surface area contributed by atoms with E-state index >= 15 is 0 Å². The lowest BCUT2D eigenvalue weighted by Gasteiger charge is -2.16. The van der Waals surface area contributed by atoms with Crippen molar-refractivity contribution in [1.29, 1.82) is 0 Å². The van der Waals surface area contributed by atoms with Gasteiger partial charge in [-0.25, -0.2) is 0 Å². The molecule has 0 aliphatic heterocycles. The van der Waals surface area contributed by atoms with Gasteiger partial charge in [-0.05, 0) is 62.8 Å². The van der Waals surface area contributed by atoms with E-state index < -0.39 is 0 Å². The molecular weight excluding hydrogens is 242 g/mol. The molecule has 0 radical (unpaired) electrons. The molecule has 2 heteroatoms. The van der Waals surface area contributed by atoms with Crippen LogP contribution in [0.25, 0.3) is 0 Å². The summed E-state index contributed by atoms with van der Waals surface area (Å²) in [6.07, 6.45) is 5.95. The van der Waals surface area contributed by atoms with Gasteiger partial charge in [-0.2, -0.15) is 0 Å². The minimum atomic E-state index is 0.661. The van der Waals surface area contributed by atoms with Crippen LogP contribution in [-0.2, 0) is 6.42 Å². The lowest BCUT2D eigenvalue weighted by Crippen LogP contribution is -2.29. The molecule has 0 aliphatic carbocycles. The molecule has 1 atom stereocenters. The molecule has 0 saturated carbocycles. The summed E-state index contributed by atoms with van der Waals surface area (Å²) < 4.78 is 0. The van der Waals surface area contributed by atoms with Crippen molar-refractivity contribution in [2.24, 2.45) is 0 Å². The molecule has 0 spiro atoms. The number of halogens is 1. The maximum absolute atomic E-state index is 6.25. The van der Waals surface area contributed by atoms with Gasteiger partial charge in [0.1, 0.15) is 0 Å². The number of aryl methyl sites for hydroxylation is 2. The molecule has 0 amide bonds. The summed E-state index contributed by atoms with van der Waals surface area (Å²) in [5.74, 6) is 0. The third-order valence-corrected chi connectivity index (χ3v) is 3.73. The molecule has 1 aromatic carbocycles. The largest absolute Gasteiger partial charge is 0.314 e. The van der Waals surface area contributed by atoms with Gasteiger partial charge < -0.3 is 5.32 Å². The zero-order chi connectivity index (χ0) is 13.4. The fourth-order valence-electron chi connectivity index (χ4n) is 2.19.